The first-order chi connectivity index (χ1) is 13.9. The van der Waals surface area contributed by atoms with Gasteiger partial charge in [0, 0.05) is 5.56 Å². The summed E-state index contributed by atoms with van der Waals surface area (Å²) in [6.07, 6.45) is 0. The van der Waals surface area contributed by atoms with E-state index in [0.717, 1.165) is 11.1 Å². The van der Waals surface area contributed by atoms with Gasteiger partial charge in [-0.15, -0.1) is 10.2 Å². The second-order valence-electron chi connectivity index (χ2n) is 6.38. The van der Waals surface area contributed by atoms with Crippen LogP contribution in [0.15, 0.2) is 39.8 Å². The van der Waals surface area contributed by atoms with E-state index in [1.807, 2.05) is 38.1 Å². The van der Waals surface area contributed by atoms with E-state index in [9.17, 15) is 10.1 Å². The zero-order valence-corrected chi connectivity index (χ0v) is 17.4. The highest BCUT2D eigenvalue weighted by molar-refractivity contribution is 7.99. The molecule has 29 heavy (non-hydrogen) atoms. The Morgan fingerprint density at radius 2 is 2.00 bits per heavy atom. The monoisotopic (exact) mass is 408 g/mol. The summed E-state index contributed by atoms with van der Waals surface area (Å²) in [6, 6.07) is 11.4. The number of rotatable bonds is 6. The summed E-state index contributed by atoms with van der Waals surface area (Å²) >= 11 is 1.32. The highest BCUT2D eigenvalue weighted by Crippen LogP contribution is 2.36. The molecular weight excluding hydrogens is 388 g/mol. The van der Waals surface area contributed by atoms with E-state index >= 15 is 0 Å². The van der Waals surface area contributed by atoms with Crippen molar-refractivity contribution < 1.29 is 13.9 Å². The zero-order chi connectivity index (χ0) is 21.0. The maximum absolute atomic E-state index is 12.0. The Hall–Kier alpha value is -3.18. The van der Waals surface area contributed by atoms with Gasteiger partial charge in [-0.25, -0.2) is 9.78 Å². The number of thioether (sulfide) groups is 1. The molecule has 0 radical (unpaired) electrons. The number of carbonyl (C=O) groups is 1. The molecule has 7 nitrogen and oxygen atoms in total. The van der Waals surface area contributed by atoms with Gasteiger partial charge in [-0.1, -0.05) is 29.5 Å². The van der Waals surface area contributed by atoms with Crippen LogP contribution < -0.4 is 0 Å². The summed E-state index contributed by atoms with van der Waals surface area (Å²) < 4.78 is 10.8. The molecule has 1 atom stereocenters. The first-order valence-corrected chi connectivity index (χ1v) is 9.96. The minimum atomic E-state index is -0.488. The lowest BCUT2D eigenvalue weighted by atomic mass is 10.1. The zero-order valence-electron chi connectivity index (χ0n) is 16.6. The van der Waals surface area contributed by atoms with Crippen LogP contribution in [-0.4, -0.2) is 27.8 Å². The molecule has 0 aliphatic carbocycles. The van der Waals surface area contributed by atoms with Crippen LogP contribution in [0.1, 0.15) is 52.2 Å². The van der Waals surface area contributed by atoms with Gasteiger partial charge in [-0.2, -0.15) is 5.26 Å². The summed E-state index contributed by atoms with van der Waals surface area (Å²) in [6.45, 7) is 7.61. The van der Waals surface area contributed by atoms with E-state index < -0.39 is 5.97 Å². The van der Waals surface area contributed by atoms with Gasteiger partial charge in [0.1, 0.15) is 11.1 Å². The lowest BCUT2D eigenvalue weighted by molar-refractivity contribution is 0.0524. The highest BCUT2D eigenvalue weighted by atomic mass is 32.2. The Morgan fingerprint density at radius 3 is 2.66 bits per heavy atom. The molecule has 0 spiro atoms. The third-order valence-corrected chi connectivity index (χ3v) is 5.26. The Kier molecular flexibility index (Phi) is 6.29. The lowest BCUT2D eigenvalue weighted by Crippen LogP contribution is -2.09. The van der Waals surface area contributed by atoms with Gasteiger partial charge < -0.3 is 9.15 Å². The number of benzene rings is 1. The molecule has 0 aliphatic rings. The van der Waals surface area contributed by atoms with Crippen molar-refractivity contribution in [1.82, 2.24) is 15.2 Å². The maximum Gasteiger partial charge on any atom is 0.340 e. The fourth-order valence-corrected chi connectivity index (χ4v) is 3.55. The Labute approximate surface area is 173 Å². The summed E-state index contributed by atoms with van der Waals surface area (Å²) in [5.74, 6) is 0.386. The molecule has 0 fully saturated rings. The van der Waals surface area contributed by atoms with Crippen LogP contribution in [0.3, 0.4) is 0 Å². The van der Waals surface area contributed by atoms with Crippen LogP contribution in [-0.2, 0) is 4.74 Å². The van der Waals surface area contributed by atoms with Crippen molar-refractivity contribution in [3.05, 3.63) is 58.6 Å². The van der Waals surface area contributed by atoms with Crippen molar-refractivity contribution in [2.75, 3.05) is 6.61 Å². The molecule has 0 aliphatic heterocycles. The van der Waals surface area contributed by atoms with Crippen LogP contribution in [0.25, 0.3) is 11.5 Å². The molecule has 0 N–H and O–H groups in total. The minimum Gasteiger partial charge on any atom is -0.462 e. The van der Waals surface area contributed by atoms with Gasteiger partial charge in [0.15, 0.2) is 0 Å². The number of aryl methyl sites for hydroxylation is 2. The SMILES string of the molecule is CCOC(=O)c1cc(C#N)c(S[C@H](C)c2nnc(-c3ccc(C)cc3)o2)nc1C. The van der Waals surface area contributed by atoms with Gasteiger partial charge in [0.05, 0.1) is 28.7 Å². The molecule has 3 rings (SSSR count). The molecule has 3 aromatic rings. The van der Waals surface area contributed by atoms with Crippen molar-refractivity contribution in [3.8, 4) is 17.5 Å². The van der Waals surface area contributed by atoms with E-state index in [2.05, 4.69) is 21.3 Å². The topological polar surface area (TPSA) is 102 Å². The van der Waals surface area contributed by atoms with Gasteiger partial charge in [-0.3, -0.25) is 0 Å². The molecule has 148 valence electrons. The number of hydrogen-bond acceptors (Lipinski definition) is 8. The molecule has 0 bridgehead atoms. The van der Waals surface area contributed by atoms with E-state index in [4.69, 9.17) is 9.15 Å². The molecule has 8 heteroatoms. The molecule has 0 saturated carbocycles. The van der Waals surface area contributed by atoms with Crippen LogP contribution >= 0.6 is 11.8 Å². The largest absolute Gasteiger partial charge is 0.462 e. The Balaban J connectivity index is 1.83. The van der Waals surface area contributed by atoms with Gasteiger partial charge in [0.25, 0.3) is 0 Å². The minimum absolute atomic E-state index is 0.228. The quantitative estimate of drug-likeness (QED) is 0.429. The Morgan fingerprint density at radius 1 is 1.28 bits per heavy atom. The van der Waals surface area contributed by atoms with Crippen LogP contribution in [0.5, 0.6) is 0 Å². The maximum atomic E-state index is 12.0. The molecule has 0 amide bonds. The predicted octanol–water partition coefficient (Wildman–Crippen LogP) is 4.65. The average Bonchev–Trinajstić information content (AvgIpc) is 3.19. The summed E-state index contributed by atoms with van der Waals surface area (Å²) in [4.78, 5) is 16.5. The fraction of sp³-hybridized carbons (Fsp3) is 0.286. The number of aromatic nitrogens is 3. The van der Waals surface area contributed by atoms with Crippen molar-refractivity contribution in [2.45, 2.75) is 38.0 Å². The van der Waals surface area contributed by atoms with Crippen LogP contribution in [0, 0.1) is 25.2 Å². The summed E-state index contributed by atoms with van der Waals surface area (Å²) in [7, 11) is 0. The lowest BCUT2D eigenvalue weighted by Gasteiger charge is -2.11. The van der Waals surface area contributed by atoms with Crippen LogP contribution in [0.2, 0.25) is 0 Å². The first kappa shape index (κ1) is 20.6. The van der Waals surface area contributed by atoms with E-state index in [1.165, 1.54) is 17.8 Å². The number of pyridine rings is 1. The van der Waals surface area contributed by atoms with E-state index in [1.54, 1.807) is 13.8 Å². The third-order valence-electron chi connectivity index (χ3n) is 4.17. The third kappa shape index (κ3) is 4.63. The van der Waals surface area contributed by atoms with Crippen LogP contribution in [0.4, 0.5) is 0 Å². The molecule has 0 unspecified atom stereocenters. The molecule has 2 aromatic heterocycles. The second-order valence-corrected chi connectivity index (χ2v) is 7.71. The predicted molar refractivity (Wildman–Crippen MR) is 108 cm³/mol. The molecule has 2 heterocycles. The number of nitriles is 1. The van der Waals surface area contributed by atoms with Crippen molar-refractivity contribution in [1.29, 1.82) is 5.26 Å². The fourth-order valence-electron chi connectivity index (χ4n) is 2.60. The standard InChI is InChI=1S/C21H20N4O3S/c1-5-27-21(26)17-10-16(11-22)20(23-13(17)3)29-14(4)18-24-25-19(28-18)15-8-6-12(2)7-9-15/h6-10,14H,5H2,1-4H3/t14-/m1/s1. The number of hydrogen-bond donors (Lipinski definition) is 0. The molecule has 1 aromatic carbocycles. The normalized spacial score (nSPS) is 11.7. The number of carbonyl (C=O) groups excluding carboxylic acids is 1. The highest BCUT2D eigenvalue weighted by Gasteiger charge is 2.21. The number of nitrogens with zero attached hydrogens (tertiary/aromatic N) is 4. The van der Waals surface area contributed by atoms with Crippen molar-refractivity contribution in [3.63, 3.8) is 0 Å². The van der Waals surface area contributed by atoms with E-state index in [0.29, 0.717) is 33.6 Å². The van der Waals surface area contributed by atoms with E-state index in [-0.39, 0.29) is 11.9 Å². The number of ether oxygens (including phenoxy) is 1. The summed E-state index contributed by atoms with van der Waals surface area (Å²) in [5.41, 5.74) is 3.09. The van der Waals surface area contributed by atoms with Gasteiger partial charge in [0.2, 0.25) is 11.8 Å². The van der Waals surface area contributed by atoms with Crippen molar-refractivity contribution >= 4 is 17.7 Å². The average molecular weight is 408 g/mol. The second kappa shape index (κ2) is 8.88. The molecular formula is C21H20N4O3S. The van der Waals surface area contributed by atoms with Gasteiger partial charge in [-0.05, 0) is 45.9 Å². The first-order valence-electron chi connectivity index (χ1n) is 9.08. The summed E-state index contributed by atoms with van der Waals surface area (Å²) in [5, 5.41) is 18.0. The van der Waals surface area contributed by atoms with Gasteiger partial charge >= 0.3 is 5.97 Å². The van der Waals surface area contributed by atoms with Crippen molar-refractivity contribution in [2.24, 2.45) is 0 Å². The smallest absolute Gasteiger partial charge is 0.340 e. The molecule has 0 saturated heterocycles. The number of esters is 1. The Bertz CT molecular complexity index is 1070.